The molecule has 1 unspecified atom stereocenters. The quantitative estimate of drug-likeness (QED) is 0.887. The molecule has 0 heterocycles. The fraction of sp³-hybridized carbons (Fsp3) is 0.588. The standard InChI is InChI=1S/C17H26N2O/c1-12-9-10-15(13(2)11-12)17(3,16(18)20)19-14-7-5-4-6-8-14/h9-11,14,19H,4-8H2,1-3H3,(H2,18,20). The van der Waals surface area contributed by atoms with E-state index < -0.39 is 5.54 Å². The molecule has 1 amide bonds. The molecule has 110 valence electrons. The molecule has 0 saturated heterocycles. The highest BCUT2D eigenvalue weighted by molar-refractivity contribution is 5.86. The zero-order valence-electron chi connectivity index (χ0n) is 12.8. The second-order valence-electron chi connectivity index (χ2n) is 6.29. The molecule has 2 rings (SSSR count). The third kappa shape index (κ3) is 3.04. The van der Waals surface area contributed by atoms with Crippen molar-refractivity contribution >= 4 is 5.91 Å². The predicted octanol–water partition coefficient (Wildman–Crippen LogP) is 2.93. The van der Waals surface area contributed by atoms with Crippen LogP contribution in [0.5, 0.6) is 0 Å². The van der Waals surface area contributed by atoms with Gasteiger partial charge in [0.15, 0.2) is 0 Å². The second kappa shape index (κ2) is 5.96. The Hall–Kier alpha value is -1.35. The first-order valence-electron chi connectivity index (χ1n) is 7.59. The van der Waals surface area contributed by atoms with Gasteiger partial charge in [-0.3, -0.25) is 10.1 Å². The topological polar surface area (TPSA) is 55.1 Å². The highest BCUT2D eigenvalue weighted by Crippen LogP contribution is 2.28. The lowest BCUT2D eigenvalue weighted by molar-refractivity contribution is -0.124. The summed E-state index contributed by atoms with van der Waals surface area (Å²) in [6.45, 7) is 6.03. The fourth-order valence-electron chi connectivity index (χ4n) is 3.31. The van der Waals surface area contributed by atoms with Crippen molar-refractivity contribution in [2.24, 2.45) is 5.73 Å². The van der Waals surface area contributed by atoms with Gasteiger partial charge in [0.05, 0.1) is 0 Å². The first-order valence-corrected chi connectivity index (χ1v) is 7.59. The number of aryl methyl sites for hydroxylation is 2. The molecule has 3 heteroatoms. The SMILES string of the molecule is Cc1ccc(C(C)(NC2CCCCC2)C(N)=O)c(C)c1. The van der Waals surface area contributed by atoms with Crippen LogP contribution in [0.15, 0.2) is 18.2 Å². The van der Waals surface area contributed by atoms with Crippen molar-refractivity contribution in [1.82, 2.24) is 5.32 Å². The van der Waals surface area contributed by atoms with Gasteiger partial charge >= 0.3 is 0 Å². The summed E-state index contributed by atoms with van der Waals surface area (Å²) < 4.78 is 0. The van der Waals surface area contributed by atoms with E-state index in [9.17, 15) is 4.79 Å². The Bertz CT molecular complexity index is 492. The molecule has 1 fully saturated rings. The lowest BCUT2D eigenvalue weighted by Gasteiger charge is -2.35. The van der Waals surface area contributed by atoms with Gasteiger partial charge in [0.25, 0.3) is 0 Å². The first kappa shape index (κ1) is 15.0. The maximum absolute atomic E-state index is 12.1. The van der Waals surface area contributed by atoms with E-state index in [4.69, 9.17) is 5.73 Å². The maximum atomic E-state index is 12.1. The van der Waals surface area contributed by atoms with E-state index in [0.29, 0.717) is 6.04 Å². The van der Waals surface area contributed by atoms with Crippen molar-refractivity contribution in [3.05, 3.63) is 34.9 Å². The minimum absolute atomic E-state index is 0.296. The third-order valence-electron chi connectivity index (χ3n) is 4.51. The molecule has 3 nitrogen and oxygen atoms in total. The van der Waals surface area contributed by atoms with Crippen molar-refractivity contribution in [1.29, 1.82) is 0 Å². The molecule has 3 N–H and O–H groups in total. The van der Waals surface area contributed by atoms with Crippen LogP contribution in [0.3, 0.4) is 0 Å². The van der Waals surface area contributed by atoms with Gasteiger partial charge in [-0.2, -0.15) is 0 Å². The van der Waals surface area contributed by atoms with Crippen molar-refractivity contribution in [3.63, 3.8) is 0 Å². The minimum atomic E-state index is -0.778. The normalized spacial score (nSPS) is 19.6. The fourth-order valence-corrected chi connectivity index (χ4v) is 3.31. The lowest BCUT2D eigenvalue weighted by atomic mass is 9.84. The van der Waals surface area contributed by atoms with Crippen LogP contribution >= 0.6 is 0 Å². The van der Waals surface area contributed by atoms with E-state index >= 15 is 0 Å². The molecule has 1 aromatic rings. The molecule has 1 aliphatic rings. The van der Waals surface area contributed by atoms with E-state index in [1.807, 2.05) is 26.0 Å². The van der Waals surface area contributed by atoms with E-state index in [-0.39, 0.29) is 5.91 Å². The van der Waals surface area contributed by atoms with E-state index in [0.717, 1.165) is 24.0 Å². The summed E-state index contributed by atoms with van der Waals surface area (Å²) in [4.78, 5) is 12.1. The summed E-state index contributed by atoms with van der Waals surface area (Å²) >= 11 is 0. The highest BCUT2D eigenvalue weighted by atomic mass is 16.1. The summed E-state index contributed by atoms with van der Waals surface area (Å²) in [6.07, 6.45) is 6.04. The van der Waals surface area contributed by atoms with Gasteiger partial charge in [0.2, 0.25) is 5.91 Å². The van der Waals surface area contributed by atoms with Gasteiger partial charge in [0.1, 0.15) is 5.54 Å². The van der Waals surface area contributed by atoms with Crippen LogP contribution in [0, 0.1) is 13.8 Å². The molecule has 1 saturated carbocycles. The lowest BCUT2D eigenvalue weighted by Crippen LogP contribution is -2.54. The maximum Gasteiger partial charge on any atom is 0.242 e. The van der Waals surface area contributed by atoms with Gasteiger partial charge in [-0.1, -0.05) is 43.0 Å². The summed E-state index contributed by atoms with van der Waals surface area (Å²) in [5, 5.41) is 3.53. The summed E-state index contributed by atoms with van der Waals surface area (Å²) in [6, 6.07) is 6.58. The van der Waals surface area contributed by atoms with Gasteiger partial charge in [-0.25, -0.2) is 0 Å². The molecule has 0 radical (unpaired) electrons. The number of hydrogen-bond donors (Lipinski definition) is 2. The number of rotatable bonds is 4. The number of nitrogens with two attached hydrogens (primary N) is 1. The van der Waals surface area contributed by atoms with Crippen LogP contribution in [0.1, 0.15) is 55.7 Å². The molecule has 0 aliphatic heterocycles. The Labute approximate surface area is 121 Å². The van der Waals surface area contributed by atoms with Gasteiger partial charge < -0.3 is 5.73 Å². The number of hydrogen-bond acceptors (Lipinski definition) is 2. The Balaban J connectivity index is 2.30. The highest BCUT2D eigenvalue weighted by Gasteiger charge is 2.36. The Kier molecular flexibility index (Phi) is 4.48. The van der Waals surface area contributed by atoms with Crippen LogP contribution in [0.25, 0.3) is 0 Å². The number of nitrogens with one attached hydrogen (secondary N) is 1. The van der Waals surface area contributed by atoms with Crippen LogP contribution in [0.4, 0.5) is 0 Å². The molecule has 0 bridgehead atoms. The average molecular weight is 274 g/mol. The molecule has 1 aliphatic carbocycles. The minimum Gasteiger partial charge on any atom is -0.368 e. The summed E-state index contributed by atoms with van der Waals surface area (Å²) in [7, 11) is 0. The summed E-state index contributed by atoms with van der Waals surface area (Å²) in [5.74, 6) is -0.296. The number of benzene rings is 1. The molecule has 1 atom stereocenters. The average Bonchev–Trinajstić information content (AvgIpc) is 2.39. The number of carbonyl (C=O) groups is 1. The van der Waals surface area contributed by atoms with E-state index in [2.05, 4.69) is 18.3 Å². The van der Waals surface area contributed by atoms with Crippen molar-refractivity contribution in [3.8, 4) is 0 Å². The van der Waals surface area contributed by atoms with Crippen LogP contribution in [0.2, 0.25) is 0 Å². The third-order valence-corrected chi connectivity index (χ3v) is 4.51. The largest absolute Gasteiger partial charge is 0.368 e. The van der Waals surface area contributed by atoms with Crippen LogP contribution < -0.4 is 11.1 Å². The molecule has 1 aromatic carbocycles. The van der Waals surface area contributed by atoms with E-state index in [1.54, 1.807) is 0 Å². The predicted molar refractivity (Wildman–Crippen MR) is 82.5 cm³/mol. The zero-order valence-corrected chi connectivity index (χ0v) is 12.8. The monoisotopic (exact) mass is 274 g/mol. The molecular weight excluding hydrogens is 248 g/mol. The molecule has 0 aromatic heterocycles. The first-order chi connectivity index (χ1) is 9.43. The molecule has 20 heavy (non-hydrogen) atoms. The van der Waals surface area contributed by atoms with Gasteiger partial charge in [-0.05, 0) is 44.7 Å². The van der Waals surface area contributed by atoms with Gasteiger partial charge in [0, 0.05) is 6.04 Å². The molecule has 0 spiro atoms. The summed E-state index contributed by atoms with van der Waals surface area (Å²) in [5.41, 5.74) is 8.27. The van der Waals surface area contributed by atoms with Crippen molar-refractivity contribution in [2.75, 3.05) is 0 Å². The number of amides is 1. The molecular formula is C17H26N2O. The Morgan fingerprint density at radius 3 is 2.45 bits per heavy atom. The van der Waals surface area contributed by atoms with Crippen molar-refractivity contribution in [2.45, 2.75) is 64.5 Å². The smallest absolute Gasteiger partial charge is 0.242 e. The Morgan fingerprint density at radius 1 is 1.25 bits per heavy atom. The Morgan fingerprint density at radius 2 is 1.90 bits per heavy atom. The van der Waals surface area contributed by atoms with Crippen molar-refractivity contribution < 1.29 is 4.79 Å². The zero-order chi connectivity index (χ0) is 14.8. The second-order valence-corrected chi connectivity index (χ2v) is 6.29. The number of primary amides is 1. The van der Waals surface area contributed by atoms with Crippen LogP contribution in [-0.2, 0) is 10.3 Å². The van der Waals surface area contributed by atoms with Crippen LogP contribution in [-0.4, -0.2) is 11.9 Å². The van der Waals surface area contributed by atoms with Gasteiger partial charge in [-0.15, -0.1) is 0 Å². The van der Waals surface area contributed by atoms with E-state index in [1.165, 1.54) is 24.8 Å². The number of carbonyl (C=O) groups excluding carboxylic acids is 1.